The highest BCUT2D eigenvalue weighted by Crippen LogP contribution is 2.32. The number of amides is 2. The Morgan fingerprint density at radius 3 is 2.53 bits per heavy atom. The Kier molecular flexibility index (Phi) is 9.06. The number of carbonyl (C=O) groups is 2. The van der Waals surface area contributed by atoms with E-state index in [1.54, 1.807) is 17.0 Å². The van der Waals surface area contributed by atoms with Gasteiger partial charge in [-0.2, -0.15) is 0 Å². The van der Waals surface area contributed by atoms with E-state index in [2.05, 4.69) is 26.2 Å². The van der Waals surface area contributed by atoms with Gasteiger partial charge < -0.3 is 15.0 Å². The first kappa shape index (κ1) is 27.1. The van der Waals surface area contributed by atoms with E-state index >= 15 is 0 Å². The summed E-state index contributed by atoms with van der Waals surface area (Å²) in [7, 11) is 0. The number of aryl methyl sites for hydroxylation is 1. The minimum atomic E-state index is -0.601. The fraction of sp³-hybridized carbons (Fsp3) is 0.346. The van der Waals surface area contributed by atoms with Gasteiger partial charge in [0, 0.05) is 23.1 Å². The van der Waals surface area contributed by atoms with Crippen LogP contribution in [0.25, 0.3) is 10.6 Å². The Balaban J connectivity index is 1.27. The van der Waals surface area contributed by atoms with Crippen LogP contribution < -0.4 is 5.32 Å². The number of nitrogens with zero attached hydrogens (tertiary/aromatic N) is 2. The molecule has 0 saturated carbocycles. The molecule has 3 aromatic rings. The average molecular weight is 611 g/mol. The number of benzene rings is 2. The van der Waals surface area contributed by atoms with Gasteiger partial charge in [0.15, 0.2) is 0 Å². The number of thiazole rings is 1. The zero-order valence-corrected chi connectivity index (χ0v) is 23.8. The van der Waals surface area contributed by atoms with Crippen molar-refractivity contribution >= 4 is 62.3 Å². The molecule has 10 heteroatoms. The lowest BCUT2D eigenvalue weighted by atomic mass is 10.1. The summed E-state index contributed by atoms with van der Waals surface area (Å²) in [5, 5.41) is 4.74. The Morgan fingerprint density at radius 2 is 1.86 bits per heavy atom. The van der Waals surface area contributed by atoms with E-state index in [9.17, 15) is 9.59 Å². The number of aromatic nitrogens is 1. The number of likely N-dealkylation sites (tertiary alicyclic amines) is 1. The van der Waals surface area contributed by atoms with E-state index in [-0.39, 0.29) is 12.1 Å². The molecule has 1 aliphatic rings. The van der Waals surface area contributed by atoms with E-state index in [0.29, 0.717) is 42.6 Å². The number of carbonyl (C=O) groups excluding carboxylic acids is 2. The van der Waals surface area contributed by atoms with Crippen LogP contribution in [0.2, 0.25) is 10.0 Å². The minimum Gasteiger partial charge on any atom is -0.373 e. The summed E-state index contributed by atoms with van der Waals surface area (Å²) in [5.41, 5.74) is 2.80. The summed E-state index contributed by atoms with van der Waals surface area (Å²) < 4.78 is 6.99. The Morgan fingerprint density at radius 1 is 1.17 bits per heavy atom. The van der Waals surface area contributed by atoms with Gasteiger partial charge in [0.2, 0.25) is 0 Å². The standard InChI is InChI=1S/C26H26BrCl2N3O3S/c1-15(23-16(2)31-25(36-23)18-4-6-19(27)7-5-18)30-24(33)26(34)32-11-9-20(10-12-32)35-14-17-3-8-21(28)22(29)13-17/h3-8,13,15,20H,9-12,14H2,1-2H3,(H,30,33). The van der Waals surface area contributed by atoms with Crippen molar-refractivity contribution in [3.05, 3.63) is 73.1 Å². The zero-order chi connectivity index (χ0) is 25.8. The summed E-state index contributed by atoms with van der Waals surface area (Å²) in [6, 6.07) is 13.0. The van der Waals surface area contributed by atoms with E-state index in [1.165, 1.54) is 11.3 Å². The maximum Gasteiger partial charge on any atom is 0.311 e. The number of ether oxygens (including phenoxy) is 1. The predicted molar refractivity (Wildman–Crippen MR) is 147 cm³/mol. The molecule has 1 aliphatic heterocycles. The van der Waals surface area contributed by atoms with Crippen molar-refractivity contribution in [2.45, 2.75) is 45.4 Å². The maximum atomic E-state index is 12.8. The van der Waals surface area contributed by atoms with Crippen molar-refractivity contribution < 1.29 is 14.3 Å². The molecule has 2 aromatic carbocycles. The van der Waals surface area contributed by atoms with Gasteiger partial charge in [-0.3, -0.25) is 9.59 Å². The highest BCUT2D eigenvalue weighted by molar-refractivity contribution is 9.10. The van der Waals surface area contributed by atoms with Crippen molar-refractivity contribution in [1.82, 2.24) is 15.2 Å². The van der Waals surface area contributed by atoms with Crippen LogP contribution in [0.15, 0.2) is 46.9 Å². The smallest absolute Gasteiger partial charge is 0.311 e. The number of hydrogen-bond acceptors (Lipinski definition) is 5. The fourth-order valence-corrected chi connectivity index (χ4v) is 5.72. The van der Waals surface area contributed by atoms with Gasteiger partial charge in [-0.25, -0.2) is 4.98 Å². The van der Waals surface area contributed by atoms with Gasteiger partial charge in [-0.05, 0) is 56.5 Å². The van der Waals surface area contributed by atoms with Crippen LogP contribution in [0.3, 0.4) is 0 Å². The first-order chi connectivity index (χ1) is 17.2. The van der Waals surface area contributed by atoms with E-state index in [1.807, 2.05) is 44.2 Å². The van der Waals surface area contributed by atoms with Gasteiger partial charge in [0.05, 0.1) is 39.4 Å². The fourth-order valence-electron chi connectivity index (χ4n) is 4.06. The highest BCUT2D eigenvalue weighted by Gasteiger charge is 2.29. The van der Waals surface area contributed by atoms with Crippen LogP contribution in [0.1, 0.15) is 41.9 Å². The van der Waals surface area contributed by atoms with Crippen molar-refractivity contribution in [2.75, 3.05) is 13.1 Å². The molecule has 1 atom stereocenters. The largest absolute Gasteiger partial charge is 0.373 e. The monoisotopic (exact) mass is 609 g/mol. The van der Waals surface area contributed by atoms with Gasteiger partial charge in [-0.15, -0.1) is 11.3 Å². The van der Waals surface area contributed by atoms with E-state index < -0.39 is 11.8 Å². The molecule has 6 nitrogen and oxygen atoms in total. The molecule has 0 bridgehead atoms. The highest BCUT2D eigenvalue weighted by atomic mass is 79.9. The molecule has 0 aliphatic carbocycles. The molecule has 1 N–H and O–H groups in total. The van der Waals surface area contributed by atoms with Crippen LogP contribution in [0.5, 0.6) is 0 Å². The van der Waals surface area contributed by atoms with Crippen LogP contribution >= 0.6 is 50.5 Å². The van der Waals surface area contributed by atoms with Crippen LogP contribution in [-0.4, -0.2) is 40.9 Å². The first-order valence-corrected chi connectivity index (χ1v) is 14.0. The third-order valence-electron chi connectivity index (χ3n) is 6.06. The first-order valence-electron chi connectivity index (χ1n) is 11.6. The number of nitrogens with one attached hydrogen (secondary N) is 1. The lowest BCUT2D eigenvalue weighted by molar-refractivity contribution is -0.148. The maximum absolute atomic E-state index is 12.8. The zero-order valence-electron chi connectivity index (χ0n) is 19.9. The number of piperidine rings is 1. The summed E-state index contributed by atoms with van der Waals surface area (Å²) >= 11 is 17.0. The van der Waals surface area contributed by atoms with Crippen molar-refractivity contribution in [3.63, 3.8) is 0 Å². The van der Waals surface area contributed by atoms with Gasteiger partial charge in [-0.1, -0.05) is 57.3 Å². The molecule has 36 heavy (non-hydrogen) atoms. The Hall–Kier alpha value is -1.97. The van der Waals surface area contributed by atoms with Gasteiger partial charge in [0.1, 0.15) is 5.01 Å². The molecule has 1 unspecified atom stereocenters. The number of hydrogen-bond donors (Lipinski definition) is 1. The second-order valence-electron chi connectivity index (χ2n) is 8.72. The Labute approximate surface area is 233 Å². The van der Waals surface area contributed by atoms with Crippen molar-refractivity contribution in [2.24, 2.45) is 0 Å². The summed E-state index contributed by atoms with van der Waals surface area (Å²) in [5.74, 6) is -1.12. The SMILES string of the molecule is Cc1nc(-c2ccc(Br)cc2)sc1C(C)NC(=O)C(=O)N1CCC(OCc2ccc(Cl)c(Cl)c2)CC1. The second-order valence-corrected chi connectivity index (χ2v) is 11.5. The molecule has 4 rings (SSSR count). The molecule has 0 spiro atoms. The van der Waals surface area contributed by atoms with Crippen LogP contribution in [-0.2, 0) is 20.9 Å². The van der Waals surface area contributed by atoms with Crippen molar-refractivity contribution in [3.8, 4) is 10.6 Å². The molecular formula is C26H26BrCl2N3O3S. The summed E-state index contributed by atoms with van der Waals surface area (Å²) in [6.45, 7) is 5.16. The predicted octanol–water partition coefficient (Wildman–Crippen LogP) is 6.57. The quantitative estimate of drug-likeness (QED) is 0.320. The molecular weight excluding hydrogens is 585 g/mol. The lowest BCUT2D eigenvalue weighted by Crippen LogP contribution is -2.48. The summed E-state index contributed by atoms with van der Waals surface area (Å²) in [4.78, 5) is 32.7. The van der Waals surface area contributed by atoms with E-state index in [4.69, 9.17) is 27.9 Å². The number of rotatable bonds is 6. The average Bonchev–Trinajstić information content (AvgIpc) is 3.26. The van der Waals surface area contributed by atoms with Crippen LogP contribution in [0, 0.1) is 6.92 Å². The topological polar surface area (TPSA) is 71.5 Å². The van der Waals surface area contributed by atoms with Gasteiger partial charge in [0.25, 0.3) is 0 Å². The Bertz CT molecular complexity index is 1240. The minimum absolute atomic E-state index is 0.0161. The molecule has 190 valence electrons. The normalized spacial score (nSPS) is 15.1. The van der Waals surface area contributed by atoms with E-state index in [0.717, 1.165) is 31.2 Å². The van der Waals surface area contributed by atoms with Crippen LogP contribution in [0.4, 0.5) is 0 Å². The summed E-state index contributed by atoms with van der Waals surface area (Å²) in [6.07, 6.45) is 1.35. The second kappa shape index (κ2) is 12.0. The third-order valence-corrected chi connectivity index (χ3v) is 8.71. The lowest BCUT2D eigenvalue weighted by Gasteiger charge is -2.31. The third kappa shape index (κ3) is 6.66. The molecule has 0 radical (unpaired) electrons. The van der Waals surface area contributed by atoms with Gasteiger partial charge >= 0.3 is 11.8 Å². The number of halogens is 3. The van der Waals surface area contributed by atoms with Crippen molar-refractivity contribution in [1.29, 1.82) is 0 Å². The molecule has 2 amide bonds. The molecule has 1 aromatic heterocycles. The molecule has 1 fully saturated rings. The molecule has 2 heterocycles. The molecule has 1 saturated heterocycles.